The third kappa shape index (κ3) is 3.07. The van der Waals surface area contributed by atoms with Crippen LogP contribution in [0.15, 0.2) is 11.6 Å². The number of hydrogen-bond acceptors (Lipinski definition) is 6. The van der Waals surface area contributed by atoms with E-state index in [2.05, 4.69) is 9.30 Å². The molecule has 1 saturated heterocycles. The van der Waals surface area contributed by atoms with Crippen LogP contribution in [0.5, 0.6) is 0 Å². The third-order valence-corrected chi connectivity index (χ3v) is 6.18. The lowest BCUT2D eigenvalue weighted by Gasteiger charge is -2.21. The molecule has 2 N–H and O–H groups in total. The SMILES string of the molecule is CC(N)Cc1c(N2CCCS(=O)(=O)CC2)nc2sccn12. The van der Waals surface area contributed by atoms with Gasteiger partial charge in [0.15, 0.2) is 20.6 Å². The van der Waals surface area contributed by atoms with E-state index in [1.165, 1.54) is 0 Å². The zero-order valence-corrected chi connectivity index (χ0v) is 13.7. The monoisotopic (exact) mass is 328 g/mol. The first kappa shape index (κ1) is 14.8. The van der Waals surface area contributed by atoms with E-state index in [0.29, 0.717) is 13.0 Å². The molecule has 0 bridgehead atoms. The standard InChI is InChI=1S/C13H20N4O2S2/c1-10(14)9-11-12(15-13-17(11)4-6-20-13)16-3-2-7-21(18,19)8-5-16/h4,6,10H,2-3,5,7-9,14H2,1H3. The van der Waals surface area contributed by atoms with Gasteiger partial charge < -0.3 is 10.6 Å². The summed E-state index contributed by atoms with van der Waals surface area (Å²) in [5.74, 6) is 1.38. The molecule has 21 heavy (non-hydrogen) atoms. The van der Waals surface area contributed by atoms with Crippen molar-refractivity contribution in [2.24, 2.45) is 5.73 Å². The Morgan fingerprint density at radius 2 is 2.24 bits per heavy atom. The van der Waals surface area contributed by atoms with Crippen LogP contribution in [-0.2, 0) is 16.3 Å². The molecule has 0 amide bonds. The smallest absolute Gasteiger partial charge is 0.195 e. The molecule has 0 spiro atoms. The molecule has 1 aliphatic rings. The molecule has 1 fully saturated rings. The number of fused-ring (bicyclic) bond motifs is 1. The normalized spacial score (nSPS) is 20.6. The van der Waals surface area contributed by atoms with Crippen LogP contribution >= 0.6 is 11.3 Å². The number of nitrogens with zero attached hydrogens (tertiary/aromatic N) is 3. The Hall–Kier alpha value is -1.12. The van der Waals surface area contributed by atoms with E-state index >= 15 is 0 Å². The number of rotatable bonds is 3. The fraction of sp³-hybridized carbons (Fsp3) is 0.615. The number of anilines is 1. The first-order valence-corrected chi connectivity index (χ1v) is 9.82. The maximum Gasteiger partial charge on any atom is 0.195 e. The van der Waals surface area contributed by atoms with E-state index in [9.17, 15) is 8.42 Å². The summed E-state index contributed by atoms with van der Waals surface area (Å²) in [5.41, 5.74) is 7.05. The van der Waals surface area contributed by atoms with Crippen LogP contribution in [0.25, 0.3) is 4.96 Å². The molecule has 0 saturated carbocycles. The lowest BCUT2D eigenvalue weighted by molar-refractivity contribution is 0.597. The highest BCUT2D eigenvalue weighted by Crippen LogP contribution is 2.26. The molecule has 3 rings (SSSR count). The number of sulfone groups is 1. The van der Waals surface area contributed by atoms with Crippen LogP contribution in [0, 0.1) is 0 Å². The van der Waals surface area contributed by atoms with Crippen molar-refractivity contribution in [3.63, 3.8) is 0 Å². The van der Waals surface area contributed by atoms with Gasteiger partial charge in [0.25, 0.3) is 0 Å². The second-order valence-electron chi connectivity index (χ2n) is 5.61. The van der Waals surface area contributed by atoms with Crippen LogP contribution in [0.3, 0.4) is 0 Å². The van der Waals surface area contributed by atoms with E-state index in [1.807, 2.05) is 18.5 Å². The van der Waals surface area contributed by atoms with Gasteiger partial charge in [0.1, 0.15) is 0 Å². The highest BCUT2D eigenvalue weighted by molar-refractivity contribution is 7.91. The molecule has 0 aromatic carbocycles. The zero-order valence-electron chi connectivity index (χ0n) is 12.0. The third-order valence-electron chi connectivity index (χ3n) is 3.71. The van der Waals surface area contributed by atoms with Gasteiger partial charge in [0.05, 0.1) is 17.2 Å². The first-order chi connectivity index (χ1) is 9.96. The Bertz CT molecular complexity index is 733. The van der Waals surface area contributed by atoms with Crippen LogP contribution in [0.2, 0.25) is 0 Å². The van der Waals surface area contributed by atoms with Crippen molar-refractivity contribution < 1.29 is 8.42 Å². The van der Waals surface area contributed by atoms with Crippen molar-refractivity contribution >= 4 is 32.0 Å². The molecule has 2 aromatic rings. The van der Waals surface area contributed by atoms with Crippen molar-refractivity contribution in [1.82, 2.24) is 9.38 Å². The fourth-order valence-corrected chi connectivity index (χ4v) is 4.72. The quantitative estimate of drug-likeness (QED) is 0.906. The van der Waals surface area contributed by atoms with Crippen molar-refractivity contribution in [2.45, 2.75) is 25.8 Å². The van der Waals surface area contributed by atoms with Gasteiger partial charge in [-0.3, -0.25) is 4.40 Å². The summed E-state index contributed by atoms with van der Waals surface area (Å²) in [7, 11) is -2.91. The largest absolute Gasteiger partial charge is 0.354 e. The highest BCUT2D eigenvalue weighted by atomic mass is 32.2. The summed E-state index contributed by atoms with van der Waals surface area (Å²) in [5, 5.41) is 2.00. The molecule has 3 heterocycles. The van der Waals surface area contributed by atoms with Crippen molar-refractivity contribution in [3.05, 3.63) is 17.3 Å². The van der Waals surface area contributed by atoms with Crippen LogP contribution < -0.4 is 10.6 Å². The van der Waals surface area contributed by atoms with Gasteiger partial charge in [-0.25, -0.2) is 13.4 Å². The van der Waals surface area contributed by atoms with Gasteiger partial charge in [0, 0.05) is 37.1 Å². The maximum atomic E-state index is 11.8. The molecule has 116 valence electrons. The predicted octanol–water partition coefficient (Wildman–Crippen LogP) is 0.910. The lowest BCUT2D eigenvalue weighted by Crippen LogP contribution is -2.29. The van der Waals surface area contributed by atoms with Gasteiger partial charge in [-0.15, -0.1) is 11.3 Å². The second-order valence-corrected chi connectivity index (χ2v) is 8.79. The molecular weight excluding hydrogens is 308 g/mol. The van der Waals surface area contributed by atoms with E-state index < -0.39 is 9.84 Å². The average molecular weight is 328 g/mol. The molecule has 1 aliphatic heterocycles. The van der Waals surface area contributed by atoms with Crippen LogP contribution in [0.4, 0.5) is 5.82 Å². The minimum Gasteiger partial charge on any atom is -0.354 e. The van der Waals surface area contributed by atoms with Gasteiger partial charge in [-0.1, -0.05) is 0 Å². The van der Waals surface area contributed by atoms with Crippen molar-refractivity contribution in [2.75, 3.05) is 29.5 Å². The minimum absolute atomic E-state index is 0.0410. The summed E-state index contributed by atoms with van der Waals surface area (Å²) >= 11 is 1.58. The summed E-state index contributed by atoms with van der Waals surface area (Å²) in [6, 6.07) is 0.0410. The van der Waals surface area contributed by atoms with Crippen molar-refractivity contribution in [1.29, 1.82) is 0 Å². The summed E-state index contributed by atoms with van der Waals surface area (Å²) in [6.45, 7) is 3.22. The van der Waals surface area contributed by atoms with Gasteiger partial charge in [-0.2, -0.15) is 0 Å². The van der Waals surface area contributed by atoms with E-state index in [-0.39, 0.29) is 17.5 Å². The molecule has 2 aromatic heterocycles. The number of hydrogen-bond donors (Lipinski definition) is 1. The molecule has 1 unspecified atom stereocenters. The van der Waals surface area contributed by atoms with E-state index in [4.69, 9.17) is 10.7 Å². The zero-order chi connectivity index (χ0) is 15.0. The van der Waals surface area contributed by atoms with Crippen LogP contribution in [-0.4, -0.2) is 48.4 Å². The molecule has 0 radical (unpaired) electrons. The molecule has 8 heteroatoms. The van der Waals surface area contributed by atoms with Crippen LogP contribution in [0.1, 0.15) is 19.0 Å². The lowest BCUT2D eigenvalue weighted by atomic mass is 10.2. The summed E-state index contributed by atoms with van der Waals surface area (Å²) in [6.07, 6.45) is 3.39. The number of aromatic nitrogens is 2. The van der Waals surface area contributed by atoms with Gasteiger partial charge in [0.2, 0.25) is 0 Å². The Morgan fingerprint density at radius 3 is 3.00 bits per heavy atom. The Kier molecular flexibility index (Phi) is 3.94. The van der Waals surface area contributed by atoms with Gasteiger partial charge >= 0.3 is 0 Å². The van der Waals surface area contributed by atoms with E-state index in [0.717, 1.165) is 29.4 Å². The average Bonchev–Trinajstić information content (AvgIpc) is 2.91. The maximum absolute atomic E-state index is 11.8. The summed E-state index contributed by atoms with van der Waals surface area (Å²) < 4.78 is 25.6. The Morgan fingerprint density at radius 1 is 1.43 bits per heavy atom. The fourth-order valence-electron chi connectivity index (χ4n) is 2.72. The molecule has 6 nitrogen and oxygen atoms in total. The topological polar surface area (TPSA) is 80.7 Å². The Balaban J connectivity index is 1.97. The molecular formula is C13H20N4O2S2. The second kappa shape index (κ2) is 5.58. The summed E-state index contributed by atoms with van der Waals surface area (Å²) in [4.78, 5) is 7.73. The Labute approximate surface area is 128 Å². The van der Waals surface area contributed by atoms with Crippen molar-refractivity contribution in [3.8, 4) is 0 Å². The first-order valence-electron chi connectivity index (χ1n) is 7.12. The predicted molar refractivity (Wildman–Crippen MR) is 85.9 cm³/mol. The minimum atomic E-state index is -2.91. The van der Waals surface area contributed by atoms with E-state index in [1.54, 1.807) is 11.3 Å². The number of thiazole rings is 1. The van der Waals surface area contributed by atoms with Gasteiger partial charge in [-0.05, 0) is 13.3 Å². The molecule has 1 atom stereocenters. The number of imidazole rings is 1. The highest BCUT2D eigenvalue weighted by Gasteiger charge is 2.24. The molecule has 0 aliphatic carbocycles. The number of nitrogens with two attached hydrogens (primary N) is 1.